The summed E-state index contributed by atoms with van der Waals surface area (Å²) in [4.78, 5) is 39.5. The van der Waals surface area contributed by atoms with Crippen LogP contribution in [0.2, 0.25) is 0 Å². The Hall–Kier alpha value is -3.34. The minimum absolute atomic E-state index is 0.0875. The maximum Gasteiger partial charge on any atom is 0.326 e. The molecule has 2 heterocycles. The van der Waals surface area contributed by atoms with E-state index in [9.17, 15) is 19.7 Å². The summed E-state index contributed by atoms with van der Waals surface area (Å²) in [7, 11) is 1.70. The van der Waals surface area contributed by atoms with Crippen molar-refractivity contribution in [2.24, 2.45) is 12.0 Å². The summed E-state index contributed by atoms with van der Waals surface area (Å²) >= 11 is 1.08. The van der Waals surface area contributed by atoms with Crippen LogP contribution in [0, 0.1) is 17.0 Å². The molecule has 146 valence electrons. The van der Waals surface area contributed by atoms with E-state index < -0.39 is 16.8 Å². The van der Waals surface area contributed by atoms with Crippen LogP contribution >= 0.6 is 11.3 Å². The first-order valence-electron chi connectivity index (χ1n) is 8.33. The van der Waals surface area contributed by atoms with E-state index in [4.69, 9.17) is 4.74 Å². The molecule has 1 aromatic carbocycles. The Kier molecular flexibility index (Phi) is 5.36. The number of hydrogen-bond donors (Lipinski definition) is 0. The average molecular weight is 403 g/mol. The van der Waals surface area contributed by atoms with Crippen LogP contribution in [0.3, 0.4) is 0 Å². The third-order valence-electron chi connectivity index (χ3n) is 3.88. The van der Waals surface area contributed by atoms with E-state index in [0.717, 1.165) is 11.3 Å². The lowest BCUT2D eigenvalue weighted by atomic mass is 10.3. The molecule has 3 aromatic rings. The van der Waals surface area contributed by atoms with Gasteiger partial charge in [-0.1, -0.05) is 11.3 Å². The van der Waals surface area contributed by atoms with Crippen molar-refractivity contribution in [2.45, 2.75) is 20.4 Å². The van der Waals surface area contributed by atoms with Crippen molar-refractivity contribution in [1.29, 1.82) is 0 Å². The topological polar surface area (TPSA) is 122 Å². The Balaban J connectivity index is 2.15. The number of non-ortho nitro benzene ring substituents is 1. The molecule has 0 saturated carbocycles. The number of fused-ring (bicyclic) bond motifs is 1. The molecule has 28 heavy (non-hydrogen) atoms. The van der Waals surface area contributed by atoms with Crippen LogP contribution in [0.15, 0.2) is 29.4 Å². The highest BCUT2D eigenvalue weighted by Crippen LogP contribution is 2.23. The van der Waals surface area contributed by atoms with Crippen molar-refractivity contribution >= 4 is 39.1 Å². The quantitative estimate of drug-likeness (QED) is 0.365. The summed E-state index contributed by atoms with van der Waals surface area (Å²) in [5.74, 6) is -1.06. The fourth-order valence-corrected chi connectivity index (χ4v) is 3.77. The van der Waals surface area contributed by atoms with Gasteiger partial charge in [0.2, 0.25) is 0 Å². The van der Waals surface area contributed by atoms with Gasteiger partial charge in [-0.25, -0.2) is 0 Å². The van der Waals surface area contributed by atoms with Crippen molar-refractivity contribution < 1.29 is 19.2 Å². The molecular formula is C17H17N5O5S. The molecule has 0 N–H and O–H groups in total. The van der Waals surface area contributed by atoms with Gasteiger partial charge in [0.25, 0.3) is 11.6 Å². The third-order valence-corrected chi connectivity index (χ3v) is 4.92. The number of benzene rings is 1. The smallest absolute Gasteiger partial charge is 0.326 e. The van der Waals surface area contributed by atoms with Crippen molar-refractivity contribution in [2.75, 3.05) is 6.61 Å². The zero-order chi connectivity index (χ0) is 20.4. The maximum absolute atomic E-state index is 12.6. The van der Waals surface area contributed by atoms with E-state index in [2.05, 4.69) is 10.1 Å². The van der Waals surface area contributed by atoms with Gasteiger partial charge < -0.3 is 9.30 Å². The Morgan fingerprint density at radius 3 is 2.75 bits per heavy atom. The zero-order valence-electron chi connectivity index (χ0n) is 15.4. The van der Waals surface area contributed by atoms with E-state index in [1.807, 2.05) is 0 Å². The molecular weight excluding hydrogens is 386 g/mol. The van der Waals surface area contributed by atoms with E-state index >= 15 is 0 Å². The highest BCUT2D eigenvalue weighted by atomic mass is 32.1. The second-order valence-corrected chi connectivity index (χ2v) is 6.95. The van der Waals surface area contributed by atoms with Gasteiger partial charge in [0.05, 0.1) is 21.7 Å². The summed E-state index contributed by atoms with van der Waals surface area (Å²) in [6.45, 7) is 3.48. The number of carbonyl (C=O) groups excluding carboxylic acids is 2. The largest absolute Gasteiger partial charge is 0.465 e. The first-order chi connectivity index (χ1) is 13.3. The lowest BCUT2D eigenvalue weighted by molar-refractivity contribution is -0.384. The molecule has 3 rings (SSSR count). The highest BCUT2D eigenvalue weighted by Gasteiger charge is 2.17. The lowest BCUT2D eigenvalue weighted by Gasteiger charge is -2.04. The number of nitro benzene ring substituents is 1. The number of thiazole rings is 1. The highest BCUT2D eigenvalue weighted by molar-refractivity contribution is 7.16. The lowest BCUT2D eigenvalue weighted by Crippen LogP contribution is -2.23. The Labute approximate surface area is 162 Å². The Morgan fingerprint density at radius 2 is 2.14 bits per heavy atom. The van der Waals surface area contributed by atoms with Gasteiger partial charge in [-0.3, -0.25) is 24.4 Å². The summed E-state index contributed by atoms with van der Waals surface area (Å²) in [6.07, 6.45) is 1.70. The van der Waals surface area contributed by atoms with Gasteiger partial charge in [-0.15, -0.1) is 0 Å². The predicted octanol–water partition coefficient (Wildman–Crippen LogP) is 1.96. The second kappa shape index (κ2) is 7.72. The summed E-state index contributed by atoms with van der Waals surface area (Å²) < 4.78 is 8.54. The monoisotopic (exact) mass is 403 g/mol. The molecule has 0 radical (unpaired) electrons. The molecule has 11 heteroatoms. The summed E-state index contributed by atoms with van der Waals surface area (Å²) in [5, 5.41) is 15.1. The van der Waals surface area contributed by atoms with Gasteiger partial charge in [-0.05, 0) is 19.9 Å². The SMILES string of the molecule is CCOC(=O)Cn1c(=NC(=O)c2nn(C)cc2C)sc2cc([N+](=O)[O-])ccc21. The number of nitro groups is 1. The molecule has 0 unspecified atom stereocenters. The molecule has 0 aliphatic rings. The number of hydrogen-bond acceptors (Lipinski definition) is 7. The number of rotatable bonds is 5. The normalized spacial score (nSPS) is 11.8. The van der Waals surface area contributed by atoms with Crippen LogP contribution < -0.4 is 4.80 Å². The summed E-state index contributed by atoms with van der Waals surface area (Å²) in [6, 6.07) is 4.25. The second-order valence-electron chi connectivity index (χ2n) is 5.94. The van der Waals surface area contributed by atoms with E-state index in [0.29, 0.717) is 15.8 Å². The van der Waals surface area contributed by atoms with E-state index in [-0.39, 0.29) is 29.3 Å². The molecule has 1 amide bonds. The standard InChI is InChI=1S/C17H17N5O5S/c1-4-27-14(23)9-21-12-6-5-11(22(25)26)7-13(12)28-17(21)18-16(24)15-10(2)8-20(3)19-15/h5-8H,4,9H2,1-3H3. The van der Waals surface area contributed by atoms with Gasteiger partial charge >= 0.3 is 5.97 Å². The number of nitrogens with zero attached hydrogens (tertiary/aromatic N) is 5. The van der Waals surface area contributed by atoms with Crippen LogP contribution in [0.25, 0.3) is 10.2 Å². The number of aryl methyl sites for hydroxylation is 2. The van der Waals surface area contributed by atoms with E-state index in [1.54, 1.807) is 27.1 Å². The van der Waals surface area contributed by atoms with Crippen LogP contribution in [-0.2, 0) is 23.1 Å². The van der Waals surface area contributed by atoms with Gasteiger partial charge in [-0.2, -0.15) is 10.1 Å². The molecule has 0 atom stereocenters. The summed E-state index contributed by atoms with van der Waals surface area (Å²) in [5.41, 5.74) is 1.34. The van der Waals surface area contributed by atoms with E-state index in [1.165, 1.54) is 27.4 Å². The van der Waals surface area contributed by atoms with Gasteiger partial charge in [0.1, 0.15) is 6.54 Å². The van der Waals surface area contributed by atoms with Crippen LogP contribution in [0.5, 0.6) is 0 Å². The number of amides is 1. The molecule has 0 spiro atoms. The molecule has 0 aliphatic heterocycles. The Bertz CT molecular complexity index is 1160. The van der Waals surface area contributed by atoms with Crippen molar-refractivity contribution in [1.82, 2.24) is 14.3 Å². The fourth-order valence-electron chi connectivity index (χ4n) is 2.71. The predicted molar refractivity (Wildman–Crippen MR) is 101 cm³/mol. The van der Waals surface area contributed by atoms with Crippen LogP contribution in [-0.4, -0.2) is 37.8 Å². The zero-order valence-corrected chi connectivity index (χ0v) is 16.2. The Morgan fingerprint density at radius 1 is 1.39 bits per heavy atom. The average Bonchev–Trinajstić information content (AvgIpc) is 3.14. The maximum atomic E-state index is 12.6. The van der Waals surface area contributed by atoms with Crippen LogP contribution in [0.4, 0.5) is 5.69 Å². The van der Waals surface area contributed by atoms with Gasteiger partial charge in [0, 0.05) is 30.9 Å². The number of ether oxygens (including phenoxy) is 1. The minimum Gasteiger partial charge on any atom is -0.465 e. The fraction of sp³-hybridized carbons (Fsp3) is 0.294. The first-order valence-corrected chi connectivity index (χ1v) is 9.14. The first kappa shape index (κ1) is 19.4. The van der Waals surface area contributed by atoms with Crippen molar-refractivity contribution in [3.63, 3.8) is 0 Å². The molecule has 2 aromatic heterocycles. The van der Waals surface area contributed by atoms with Gasteiger partial charge in [0.15, 0.2) is 10.5 Å². The molecule has 0 aliphatic carbocycles. The number of aromatic nitrogens is 3. The molecule has 0 saturated heterocycles. The van der Waals surface area contributed by atoms with Crippen molar-refractivity contribution in [3.05, 3.63) is 50.6 Å². The number of esters is 1. The molecule has 10 nitrogen and oxygen atoms in total. The number of carbonyl (C=O) groups is 2. The molecule has 0 bridgehead atoms. The molecule has 0 fully saturated rings. The third kappa shape index (κ3) is 3.83. The minimum atomic E-state index is -0.559. The van der Waals surface area contributed by atoms with Crippen LogP contribution in [0.1, 0.15) is 23.0 Å². The van der Waals surface area contributed by atoms with Crippen molar-refractivity contribution in [3.8, 4) is 0 Å².